The van der Waals surface area contributed by atoms with Crippen LogP contribution in [-0.4, -0.2) is 6.61 Å². The van der Waals surface area contributed by atoms with Crippen molar-refractivity contribution in [3.05, 3.63) is 42.0 Å². The smallest absolute Gasteiger partial charge is 0.122 e. The molecule has 1 rings (SSSR count). The van der Waals surface area contributed by atoms with Gasteiger partial charge < -0.3 is 10.5 Å². The van der Waals surface area contributed by atoms with Gasteiger partial charge in [0.2, 0.25) is 0 Å². The number of rotatable bonds is 6. The minimum atomic E-state index is 0.568. The molecule has 0 fully saturated rings. The molecule has 1 aromatic carbocycles. The van der Waals surface area contributed by atoms with Crippen molar-refractivity contribution in [3.63, 3.8) is 0 Å². The van der Waals surface area contributed by atoms with E-state index in [1.54, 1.807) is 0 Å². The quantitative estimate of drug-likeness (QED) is 0.725. The van der Waals surface area contributed by atoms with E-state index in [1.165, 1.54) is 5.56 Å². The Labute approximate surface area is 91.7 Å². The van der Waals surface area contributed by atoms with Gasteiger partial charge in [0.15, 0.2) is 0 Å². The fraction of sp³-hybridized carbons (Fsp3) is 0.385. The molecule has 0 radical (unpaired) electrons. The molecule has 2 nitrogen and oxygen atoms in total. The third-order valence-electron chi connectivity index (χ3n) is 2.19. The fourth-order valence-electron chi connectivity index (χ4n) is 1.43. The van der Waals surface area contributed by atoms with E-state index in [-0.39, 0.29) is 0 Å². The van der Waals surface area contributed by atoms with E-state index >= 15 is 0 Å². The van der Waals surface area contributed by atoms with E-state index in [1.807, 2.05) is 18.2 Å². The molecule has 0 spiro atoms. The molecule has 0 aliphatic carbocycles. The zero-order valence-electron chi connectivity index (χ0n) is 9.33. The van der Waals surface area contributed by atoms with Crippen molar-refractivity contribution in [1.29, 1.82) is 0 Å². The standard InChI is InChI=1S/C13H19NO/c1-3-5-12-9-11(10-14)6-7-13(12)15-8-4-2/h3,6-7,9H,1,4-5,8,10,14H2,2H3. The first kappa shape index (κ1) is 11.8. The fourth-order valence-corrected chi connectivity index (χ4v) is 1.43. The predicted octanol–water partition coefficient (Wildman–Crippen LogP) is 2.66. The summed E-state index contributed by atoms with van der Waals surface area (Å²) in [6.07, 6.45) is 3.73. The summed E-state index contributed by atoms with van der Waals surface area (Å²) in [6, 6.07) is 6.10. The van der Waals surface area contributed by atoms with Crippen LogP contribution in [0, 0.1) is 0 Å². The van der Waals surface area contributed by atoms with E-state index in [0.29, 0.717) is 6.54 Å². The Hall–Kier alpha value is -1.28. The maximum absolute atomic E-state index is 5.65. The minimum Gasteiger partial charge on any atom is -0.493 e. The second-order valence-electron chi connectivity index (χ2n) is 3.49. The summed E-state index contributed by atoms with van der Waals surface area (Å²) in [5.41, 5.74) is 7.90. The number of hydrogen-bond acceptors (Lipinski definition) is 2. The van der Waals surface area contributed by atoms with Crippen molar-refractivity contribution < 1.29 is 4.74 Å². The average molecular weight is 205 g/mol. The molecule has 0 unspecified atom stereocenters. The van der Waals surface area contributed by atoms with Crippen LogP contribution in [0.15, 0.2) is 30.9 Å². The van der Waals surface area contributed by atoms with Gasteiger partial charge in [-0.05, 0) is 30.0 Å². The van der Waals surface area contributed by atoms with Crippen molar-refractivity contribution in [1.82, 2.24) is 0 Å². The molecule has 0 amide bonds. The van der Waals surface area contributed by atoms with Gasteiger partial charge in [-0.1, -0.05) is 25.1 Å². The highest BCUT2D eigenvalue weighted by molar-refractivity contribution is 5.38. The second-order valence-corrected chi connectivity index (χ2v) is 3.49. The molecule has 0 saturated carbocycles. The Kier molecular flexibility index (Phi) is 4.91. The monoisotopic (exact) mass is 205 g/mol. The maximum Gasteiger partial charge on any atom is 0.122 e. The Morgan fingerprint density at radius 1 is 1.47 bits per heavy atom. The molecule has 2 N–H and O–H groups in total. The van der Waals surface area contributed by atoms with E-state index in [4.69, 9.17) is 10.5 Å². The van der Waals surface area contributed by atoms with Crippen LogP contribution in [0.2, 0.25) is 0 Å². The van der Waals surface area contributed by atoms with Crippen LogP contribution in [0.25, 0.3) is 0 Å². The molecule has 2 heteroatoms. The Balaban J connectivity index is 2.87. The van der Waals surface area contributed by atoms with Crippen molar-refractivity contribution in [2.24, 2.45) is 5.73 Å². The summed E-state index contributed by atoms with van der Waals surface area (Å²) in [4.78, 5) is 0. The van der Waals surface area contributed by atoms with Gasteiger partial charge in [-0.25, -0.2) is 0 Å². The summed E-state index contributed by atoms with van der Waals surface area (Å²) < 4.78 is 5.65. The average Bonchev–Trinajstić information content (AvgIpc) is 2.27. The first-order chi connectivity index (χ1) is 7.31. The molecule has 0 saturated heterocycles. The summed E-state index contributed by atoms with van der Waals surface area (Å²) in [5.74, 6) is 0.953. The summed E-state index contributed by atoms with van der Waals surface area (Å²) in [5, 5.41) is 0. The number of hydrogen-bond donors (Lipinski definition) is 1. The van der Waals surface area contributed by atoms with Crippen molar-refractivity contribution in [2.75, 3.05) is 6.61 Å². The summed E-state index contributed by atoms with van der Waals surface area (Å²) in [6.45, 7) is 7.17. The van der Waals surface area contributed by atoms with E-state index in [2.05, 4.69) is 19.6 Å². The van der Waals surface area contributed by atoms with Gasteiger partial charge in [0.1, 0.15) is 5.75 Å². The number of allylic oxidation sites excluding steroid dienone is 1. The van der Waals surface area contributed by atoms with Crippen LogP contribution in [0.4, 0.5) is 0 Å². The van der Waals surface area contributed by atoms with Crippen LogP contribution < -0.4 is 10.5 Å². The van der Waals surface area contributed by atoms with Crippen LogP contribution in [0.1, 0.15) is 24.5 Å². The Morgan fingerprint density at radius 3 is 2.87 bits per heavy atom. The molecule has 82 valence electrons. The molecule has 0 bridgehead atoms. The first-order valence-corrected chi connectivity index (χ1v) is 5.37. The topological polar surface area (TPSA) is 35.2 Å². The lowest BCUT2D eigenvalue weighted by Gasteiger charge is -2.11. The van der Waals surface area contributed by atoms with Gasteiger partial charge in [-0.15, -0.1) is 6.58 Å². The summed E-state index contributed by atoms with van der Waals surface area (Å²) in [7, 11) is 0. The third kappa shape index (κ3) is 3.40. The Morgan fingerprint density at radius 2 is 2.27 bits per heavy atom. The third-order valence-corrected chi connectivity index (χ3v) is 2.19. The molecule has 0 aliphatic heterocycles. The molecule has 0 atom stereocenters. The highest BCUT2D eigenvalue weighted by Gasteiger charge is 2.03. The van der Waals surface area contributed by atoms with Gasteiger partial charge in [0, 0.05) is 6.54 Å². The lowest BCUT2D eigenvalue weighted by atomic mass is 10.1. The SMILES string of the molecule is C=CCc1cc(CN)ccc1OCCC. The highest BCUT2D eigenvalue weighted by atomic mass is 16.5. The number of benzene rings is 1. The van der Waals surface area contributed by atoms with Gasteiger partial charge in [-0.3, -0.25) is 0 Å². The molecule has 1 aromatic rings. The van der Waals surface area contributed by atoms with E-state index in [0.717, 1.165) is 30.8 Å². The van der Waals surface area contributed by atoms with Crippen molar-refractivity contribution in [3.8, 4) is 5.75 Å². The van der Waals surface area contributed by atoms with E-state index in [9.17, 15) is 0 Å². The van der Waals surface area contributed by atoms with Crippen LogP contribution in [0.3, 0.4) is 0 Å². The molecular formula is C13H19NO. The highest BCUT2D eigenvalue weighted by Crippen LogP contribution is 2.21. The maximum atomic E-state index is 5.65. The molecule has 0 heterocycles. The van der Waals surface area contributed by atoms with E-state index < -0.39 is 0 Å². The molecule has 0 aromatic heterocycles. The van der Waals surface area contributed by atoms with Crippen molar-refractivity contribution in [2.45, 2.75) is 26.3 Å². The van der Waals surface area contributed by atoms with Crippen LogP contribution in [0.5, 0.6) is 5.75 Å². The predicted molar refractivity (Wildman–Crippen MR) is 64.0 cm³/mol. The van der Waals surface area contributed by atoms with Crippen LogP contribution >= 0.6 is 0 Å². The Bertz CT molecular complexity index is 320. The van der Waals surface area contributed by atoms with Gasteiger partial charge in [0.05, 0.1) is 6.61 Å². The summed E-state index contributed by atoms with van der Waals surface area (Å²) >= 11 is 0. The van der Waals surface area contributed by atoms with Crippen LogP contribution in [-0.2, 0) is 13.0 Å². The zero-order valence-corrected chi connectivity index (χ0v) is 9.33. The van der Waals surface area contributed by atoms with Gasteiger partial charge in [-0.2, -0.15) is 0 Å². The molecule has 15 heavy (non-hydrogen) atoms. The number of nitrogens with two attached hydrogens (primary N) is 1. The lowest BCUT2D eigenvalue weighted by Crippen LogP contribution is -2.01. The largest absolute Gasteiger partial charge is 0.493 e. The molecular weight excluding hydrogens is 186 g/mol. The second kappa shape index (κ2) is 6.25. The minimum absolute atomic E-state index is 0.568. The van der Waals surface area contributed by atoms with Crippen molar-refractivity contribution >= 4 is 0 Å². The molecule has 0 aliphatic rings. The first-order valence-electron chi connectivity index (χ1n) is 5.37. The normalized spacial score (nSPS) is 10.0. The van der Waals surface area contributed by atoms with Gasteiger partial charge in [0.25, 0.3) is 0 Å². The van der Waals surface area contributed by atoms with Gasteiger partial charge >= 0.3 is 0 Å². The zero-order chi connectivity index (χ0) is 11.1. The lowest BCUT2D eigenvalue weighted by molar-refractivity contribution is 0.314. The number of ether oxygens (including phenoxy) is 1.